The number of carbonyl (C=O) groups is 2. The maximum atomic E-state index is 13.1. The van der Waals surface area contributed by atoms with E-state index in [0.717, 1.165) is 5.56 Å². The highest BCUT2D eigenvalue weighted by Crippen LogP contribution is 2.31. The lowest BCUT2D eigenvalue weighted by Crippen LogP contribution is -2.31. The molecule has 1 heterocycles. The molecule has 1 aromatic heterocycles. The molecule has 4 rings (SSSR count). The molecule has 0 spiro atoms. The zero-order chi connectivity index (χ0) is 26.5. The Morgan fingerprint density at radius 3 is 2.32 bits per heavy atom. The SMILES string of the molecule is COc1cc2cc(C(=O)Nc3cc(C(=O)NC(CO)c4ccccc4)ccc3C)c(=O)[nH]c2cc1OC. The topological polar surface area (TPSA) is 130 Å². The van der Waals surface area contributed by atoms with E-state index in [9.17, 15) is 19.5 Å². The summed E-state index contributed by atoms with van der Waals surface area (Å²) < 4.78 is 10.6. The standard InChI is InChI=1S/C28H27N3O6/c1-16-9-10-18(26(33)31-23(15-32)17-7-5-4-6-8-17)12-21(16)29-27(34)20-11-19-13-24(36-2)25(37-3)14-22(19)30-28(20)35/h4-14,23,32H,15H2,1-3H3,(H,29,34)(H,30,35)(H,31,33). The summed E-state index contributed by atoms with van der Waals surface area (Å²) in [6, 6.07) is 18.2. The number of hydrogen-bond acceptors (Lipinski definition) is 6. The van der Waals surface area contributed by atoms with E-state index in [1.807, 2.05) is 30.3 Å². The second kappa shape index (κ2) is 11.0. The Bertz CT molecular complexity index is 1510. The van der Waals surface area contributed by atoms with Gasteiger partial charge in [0.1, 0.15) is 5.56 Å². The number of fused-ring (bicyclic) bond motifs is 1. The highest BCUT2D eigenvalue weighted by atomic mass is 16.5. The molecule has 3 aromatic carbocycles. The number of H-pyrrole nitrogens is 1. The average molecular weight is 502 g/mol. The van der Waals surface area contributed by atoms with E-state index in [-0.39, 0.29) is 12.2 Å². The summed E-state index contributed by atoms with van der Waals surface area (Å²) in [6.45, 7) is 1.51. The Morgan fingerprint density at radius 2 is 1.65 bits per heavy atom. The molecule has 0 aliphatic heterocycles. The fourth-order valence-electron chi connectivity index (χ4n) is 3.95. The number of benzene rings is 3. The minimum Gasteiger partial charge on any atom is -0.493 e. The van der Waals surface area contributed by atoms with Crippen LogP contribution in [0.2, 0.25) is 0 Å². The predicted molar refractivity (Wildman–Crippen MR) is 141 cm³/mol. The molecule has 0 aliphatic rings. The Labute approximate surface area is 213 Å². The molecule has 37 heavy (non-hydrogen) atoms. The number of aliphatic hydroxyl groups excluding tert-OH is 1. The van der Waals surface area contributed by atoms with Gasteiger partial charge < -0.3 is 30.2 Å². The molecule has 0 radical (unpaired) electrons. The molecule has 1 unspecified atom stereocenters. The Balaban J connectivity index is 1.59. The van der Waals surface area contributed by atoms with E-state index in [4.69, 9.17) is 9.47 Å². The highest BCUT2D eigenvalue weighted by Gasteiger charge is 2.18. The summed E-state index contributed by atoms with van der Waals surface area (Å²) in [5.74, 6) is -0.136. The Hall–Kier alpha value is -4.63. The summed E-state index contributed by atoms with van der Waals surface area (Å²) >= 11 is 0. The molecular weight excluding hydrogens is 474 g/mol. The van der Waals surface area contributed by atoms with Crippen molar-refractivity contribution < 1.29 is 24.2 Å². The highest BCUT2D eigenvalue weighted by molar-refractivity contribution is 6.07. The summed E-state index contributed by atoms with van der Waals surface area (Å²) in [6.07, 6.45) is 0. The lowest BCUT2D eigenvalue weighted by molar-refractivity contribution is 0.0915. The van der Waals surface area contributed by atoms with Crippen LogP contribution in [0.3, 0.4) is 0 Å². The lowest BCUT2D eigenvalue weighted by atomic mass is 10.1. The van der Waals surface area contributed by atoms with Gasteiger partial charge in [0.05, 0.1) is 32.4 Å². The average Bonchev–Trinajstić information content (AvgIpc) is 2.91. The van der Waals surface area contributed by atoms with Crippen LogP contribution in [0.1, 0.15) is 37.9 Å². The van der Waals surface area contributed by atoms with Crippen molar-refractivity contribution in [1.29, 1.82) is 0 Å². The first-order chi connectivity index (χ1) is 17.8. The van der Waals surface area contributed by atoms with Crippen molar-refractivity contribution in [3.05, 3.63) is 99.3 Å². The molecule has 2 amide bonds. The minimum atomic E-state index is -0.629. The van der Waals surface area contributed by atoms with Crippen LogP contribution in [0.25, 0.3) is 10.9 Å². The van der Waals surface area contributed by atoms with Crippen molar-refractivity contribution in [3.8, 4) is 11.5 Å². The molecular formula is C28H27N3O6. The van der Waals surface area contributed by atoms with Gasteiger partial charge in [-0.15, -0.1) is 0 Å². The van der Waals surface area contributed by atoms with E-state index in [2.05, 4.69) is 15.6 Å². The number of methoxy groups -OCH3 is 2. The first-order valence-electron chi connectivity index (χ1n) is 11.5. The van der Waals surface area contributed by atoms with Crippen LogP contribution >= 0.6 is 0 Å². The molecule has 0 saturated heterocycles. The van der Waals surface area contributed by atoms with E-state index in [1.54, 1.807) is 31.2 Å². The van der Waals surface area contributed by atoms with Gasteiger partial charge in [-0.25, -0.2) is 0 Å². The zero-order valence-electron chi connectivity index (χ0n) is 20.6. The molecule has 0 bridgehead atoms. The second-order valence-electron chi connectivity index (χ2n) is 8.41. The van der Waals surface area contributed by atoms with Gasteiger partial charge >= 0.3 is 0 Å². The third-order valence-electron chi connectivity index (χ3n) is 6.03. The normalized spacial score (nSPS) is 11.6. The molecule has 0 fully saturated rings. The number of pyridine rings is 1. The fraction of sp³-hybridized carbons (Fsp3) is 0.179. The monoisotopic (exact) mass is 501 g/mol. The Morgan fingerprint density at radius 1 is 0.946 bits per heavy atom. The summed E-state index contributed by atoms with van der Waals surface area (Å²) in [5.41, 5.74) is 1.96. The summed E-state index contributed by atoms with van der Waals surface area (Å²) in [5, 5.41) is 15.9. The fourth-order valence-corrected chi connectivity index (χ4v) is 3.95. The van der Waals surface area contributed by atoms with Gasteiger partial charge in [0.2, 0.25) is 0 Å². The van der Waals surface area contributed by atoms with Crippen molar-refractivity contribution in [2.24, 2.45) is 0 Å². The van der Waals surface area contributed by atoms with E-state index in [1.165, 1.54) is 26.4 Å². The number of hydrogen-bond donors (Lipinski definition) is 4. The molecule has 4 aromatic rings. The molecule has 4 N–H and O–H groups in total. The minimum absolute atomic E-state index is 0.0987. The van der Waals surface area contributed by atoms with E-state index >= 15 is 0 Å². The molecule has 0 saturated carbocycles. The first kappa shape index (κ1) is 25.5. The van der Waals surface area contributed by atoms with Gasteiger partial charge in [-0.2, -0.15) is 0 Å². The number of aryl methyl sites for hydroxylation is 1. The van der Waals surface area contributed by atoms with Crippen LogP contribution in [0.4, 0.5) is 5.69 Å². The zero-order valence-corrected chi connectivity index (χ0v) is 20.6. The smallest absolute Gasteiger partial charge is 0.261 e. The van der Waals surface area contributed by atoms with E-state index in [0.29, 0.717) is 39.2 Å². The predicted octanol–water partition coefficient (Wildman–Crippen LogP) is 3.57. The molecule has 1 atom stereocenters. The van der Waals surface area contributed by atoms with Gasteiger partial charge in [-0.05, 0) is 42.3 Å². The maximum absolute atomic E-state index is 13.1. The quantitative estimate of drug-likeness (QED) is 0.292. The number of aromatic amines is 1. The second-order valence-corrected chi connectivity index (χ2v) is 8.41. The largest absolute Gasteiger partial charge is 0.493 e. The van der Waals surface area contributed by atoms with E-state index < -0.39 is 23.4 Å². The summed E-state index contributed by atoms with van der Waals surface area (Å²) in [4.78, 5) is 41.4. The van der Waals surface area contributed by atoms with Crippen molar-refractivity contribution in [2.75, 3.05) is 26.1 Å². The number of rotatable bonds is 8. The number of ether oxygens (including phenoxy) is 2. The lowest BCUT2D eigenvalue weighted by Gasteiger charge is -2.17. The number of anilines is 1. The number of aliphatic hydroxyl groups is 1. The van der Waals surface area contributed by atoms with Crippen LogP contribution < -0.4 is 25.7 Å². The van der Waals surface area contributed by atoms with Crippen LogP contribution in [0.5, 0.6) is 11.5 Å². The molecule has 190 valence electrons. The van der Waals surface area contributed by atoms with Crippen LogP contribution in [-0.2, 0) is 0 Å². The van der Waals surface area contributed by atoms with Gasteiger partial charge in [-0.1, -0.05) is 36.4 Å². The van der Waals surface area contributed by atoms with Crippen LogP contribution in [0, 0.1) is 6.92 Å². The number of nitrogens with one attached hydrogen (secondary N) is 3. The molecule has 9 heteroatoms. The maximum Gasteiger partial charge on any atom is 0.261 e. The third-order valence-corrected chi connectivity index (χ3v) is 6.03. The van der Waals surface area contributed by atoms with Crippen molar-refractivity contribution >= 4 is 28.4 Å². The molecule has 0 aliphatic carbocycles. The number of aromatic nitrogens is 1. The van der Waals surface area contributed by atoms with Crippen molar-refractivity contribution in [3.63, 3.8) is 0 Å². The van der Waals surface area contributed by atoms with Gasteiger partial charge in [0.15, 0.2) is 11.5 Å². The van der Waals surface area contributed by atoms with Crippen LogP contribution in [0.15, 0.2) is 71.5 Å². The number of carbonyl (C=O) groups excluding carboxylic acids is 2. The van der Waals surface area contributed by atoms with Gasteiger partial charge in [0.25, 0.3) is 17.4 Å². The Kier molecular flexibility index (Phi) is 7.55. The van der Waals surface area contributed by atoms with Crippen LogP contribution in [-0.4, -0.2) is 42.7 Å². The van der Waals surface area contributed by atoms with Crippen molar-refractivity contribution in [1.82, 2.24) is 10.3 Å². The van der Waals surface area contributed by atoms with Crippen molar-refractivity contribution in [2.45, 2.75) is 13.0 Å². The number of amides is 2. The van der Waals surface area contributed by atoms with Gasteiger partial charge in [-0.3, -0.25) is 14.4 Å². The van der Waals surface area contributed by atoms with Gasteiger partial charge in [0, 0.05) is 22.7 Å². The first-order valence-corrected chi connectivity index (χ1v) is 11.5. The third kappa shape index (κ3) is 5.46. The summed E-state index contributed by atoms with van der Waals surface area (Å²) in [7, 11) is 2.99. The molecule has 9 nitrogen and oxygen atoms in total.